The predicted molar refractivity (Wildman–Crippen MR) is 112 cm³/mol. The van der Waals surface area contributed by atoms with Crippen molar-refractivity contribution in [2.45, 2.75) is 38.9 Å². The van der Waals surface area contributed by atoms with Gasteiger partial charge >= 0.3 is 12.2 Å². The number of nitriles is 1. The van der Waals surface area contributed by atoms with Gasteiger partial charge < -0.3 is 14.6 Å². The van der Waals surface area contributed by atoms with Crippen molar-refractivity contribution in [3.05, 3.63) is 41.1 Å². The lowest BCUT2D eigenvalue weighted by atomic mass is 9.92. The van der Waals surface area contributed by atoms with E-state index < -0.39 is 46.7 Å². The van der Waals surface area contributed by atoms with Crippen molar-refractivity contribution in [3.63, 3.8) is 0 Å². The Morgan fingerprint density at radius 1 is 1.31 bits per heavy atom. The van der Waals surface area contributed by atoms with Crippen LogP contribution in [-0.2, 0) is 13.2 Å². The third-order valence-electron chi connectivity index (χ3n) is 5.71. The van der Waals surface area contributed by atoms with Gasteiger partial charge in [-0.05, 0) is 30.9 Å². The van der Waals surface area contributed by atoms with Crippen LogP contribution in [0.5, 0.6) is 0 Å². The highest BCUT2D eigenvalue weighted by atomic mass is 19.4. The molecule has 0 spiro atoms. The van der Waals surface area contributed by atoms with E-state index in [9.17, 15) is 22.4 Å². The summed E-state index contributed by atoms with van der Waals surface area (Å²) in [6.07, 6.45) is -3.76. The maximum Gasteiger partial charge on any atom is 0.417 e. The molecule has 1 aliphatic heterocycles. The van der Waals surface area contributed by atoms with E-state index in [1.807, 2.05) is 6.92 Å². The van der Waals surface area contributed by atoms with Crippen LogP contribution in [0, 0.1) is 30.0 Å². The highest BCUT2D eigenvalue weighted by Gasteiger charge is 2.38. The number of nitrogens with one attached hydrogen (secondary N) is 1. The van der Waals surface area contributed by atoms with E-state index in [0.29, 0.717) is 25.3 Å². The number of carbonyl (C=O) groups excluding carboxylic acids is 1. The monoisotopic (exact) mass is 492 g/mol. The van der Waals surface area contributed by atoms with Crippen LogP contribution in [0.15, 0.2) is 16.5 Å². The Balaban J connectivity index is 1.70. The van der Waals surface area contributed by atoms with Crippen LogP contribution in [0.1, 0.15) is 49.0 Å². The van der Waals surface area contributed by atoms with Crippen molar-refractivity contribution in [3.8, 4) is 17.5 Å². The van der Waals surface area contributed by atoms with Gasteiger partial charge in [0.05, 0.1) is 11.3 Å². The Hall–Kier alpha value is -4.02. The number of hydrogen-bond donors (Lipinski definition) is 1. The molecule has 0 aliphatic carbocycles. The van der Waals surface area contributed by atoms with Crippen LogP contribution in [0.4, 0.5) is 28.0 Å². The molecule has 4 rings (SSSR count). The Bertz CT molecular complexity index is 1310. The molecule has 2 amide bonds. The second-order valence-electron chi connectivity index (χ2n) is 8.30. The van der Waals surface area contributed by atoms with Crippen molar-refractivity contribution < 1.29 is 26.8 Å². The number of likely N-dealkylation sites (tertiary alicyclic amines) is 1. The molecule has 1 aromatic carbocycles. The summed E-state index contributed by atoms with van der Waals surface area (Å²) in [5, 5.41) is 23.0. The van der Waals surface area contributed by atoms with Gasteiger partial charge in [-0.3, -0.25) is 0 Å². The first-order valence-corrected chi connectivity index (χ1v) is 10.6. The van der Waals surface area contributed by atoms with E-state index in [1.54, 1.807) is 13.0 Å². The fourth-order valence-electron chi connectivity index (χ4n) is 3.94. The predicted octanol–water partition coefficient (Wildman–Crippen LogP) is 4.21. The Labute approximate surface area is 196 Å². The number of hydrogen-bond acceptors (Lipinski definition) is 7. The van der Waals surface area contributed by atoms with Gasteiger partial charge in [0.2, 0.25) is 17.6 Å². The zero-order chi connectivity index (χ0) is 25.5. The van der Waals surface area contributed by atoms with Crippen LogP contribution in [-0.4, -0.2) is 42.4 Å². The molecule has 0 radical (unpaired) electrons. The molecule has 2 atom stereocenters. The van der Waals surface area contributed by atoms with E-state index in [-0.39, 0.29) is 23.7 Å². The molecule has 1 N–H and O–H groups in total. The van der Waals surface area contributed by atoms with E-state index in [0.717, 1.165) is 10.7 Å². The molecule has 2 unspecified atom stereocenters. The summed E-state index contributed by atoms with van der Waals surface area (Å²) in [4.78, 5) is 18.3. The Kier molecular flexibility index (Phi) is 6.18. The Morgan fingerprint density at radius 2 is 2.06 bits per heavy atom. The minimum atomic E-state index is -4.94. The molecule has 0 saturated carbocycles. The maximum atomic E-state index is 14.8. The molecule has 184 valence electrons. The van der Waals surface area contributed by atoms with Crippen LogP contribution >= 0.6 is 0 Å². The van der Waals surface area contributed by atoms with Crippen LogP contribution in [0.3, 0.4) is 0 Å². The lowest BCUT2D eigenvalue weighted by Gasteiger charge is -2.36. The molecule has 1 fully saturated rings. The first-order chi connectivity index (χ1) is 16.5. The molecular weight excluding hydrogens is 472 g/mol. The summed E-state index contributed by atoms with van der Waals surface area (Å²) in [6.45, 7) is 3.90. The van der Waals surface area contributed by atoms with Gasteiger partial charge in [-0.25, -0.2) is 13.9 Å². The van der Waals surface area contributed by atoms with Gasteiger partial charge in [-0.1, -0.05) is 6.92 Å². The number of benzene rings is 1. The summed E-state index contributed by atoms with van der Waals surface area (Å²) in [7, 11) is 1.34. The first-order valence-electron chi connectivity index (χ1n) is 10.6. The van der Waals surface area contributed by atoms with Crippen LogP contribution in [0.25, 0.3) is 11.4 Å². The lowest BCUT2D eigenvalue weighted by molar-refractivity contribution is -0.137. The largest absolute Gasteiger partial charge is 0.423 e. The van der Waals surface area contributed by atoms with Crippen molar-refractivity contribution in [2.75, 3.05) is 11.9 Å². The number of nitrogens with zero attached hydrogens (tertiary/aromatic N) is 7. The number of aryl methyl sites for hydroxylation is 2. The molecular formula is C21H20F4N8O2. The van der Waals surface area contributed by atoms with Crippen molar-refractivity contribution in [1.29, 1.82) is 5.26 Å². The fourth-order valence-corrected chi connectivity index (χ4v) is 3.94. The van der Waals surface area contributed by atoms with Gasteiger partial charge in [-0.15, -0.1) is 10.2 Å². The number of alkyl halides is 3. The van der Waals surface area contributed by atoms with E-state index in [1.165, 1.54) is 11.9 Å². The molecule has 35 heavy (non-hydrogen) atoms. The van der Waals surface area contributed by atoms with Gasteiger partial charge in [0.25, 0.3) is 0 Å². The molecule has 14 heteroatoms. The highest BCUT2D eigenvalue weighted by Crippen LogP contribution is 2.39. The summed E-state index contributed by atoms with van der Waals surface area (Å²) in [5.41, 5.74) is -2.42. The SMILES string of the molecule is Cc1nnc(C2CC(C)CCN2C(=O)Nc2cc(-c3nc(C#N)n(C)n3)c(C(F)(F)F)cc2F)o1. The number of anilines is 1. The van der Waals surface area contributed by atoms with E-state index >= 15 is 0 Å². The standard InChI is InChI=1S/C21H20F4N8O2/c1-10-4-5-33(16(6-10)19-30-29-11(2)35-19)20(34)27-15-7-12(13(8-14(15)22)21(23,24)25)18-28-17(9-26)32(3)31-18/h7-8,10,16H,4-6H2,1-3H3,(H,27,34). The van der Waals surface area contributed by atoms with Crippen molar-refractivity contribution in [2.24, 2.45) is 13.0 Å². The molecule has 3 aromatic rings. The van der Waals surface area contributed by atoms with Crippen molar-refractivity contribution >= 4 is 11.7 Å². The molecule has 10 nitrogen and oxygen atoms in total. The summed E-state index contributed by atoms with van der Waals surface area (Å²) in [5.74, 6) is -1.17. The first kappa shape index (κ1) is 24.1. The summed E-state index contributed by atoms with van der Waals surface area (Å²) in [6, 6.07) is 1.47. The normalized spacial score (nSPS) is 18.4. The minimum Gasteiger partial charge on any atom is -0.423 e. The highest BCUT2D eigenvalue weighted by molar-refractivity contribution is 5.91. The molecule has 3 heterocycles. The average molecular weight is 492 g/mol. The van der Waals surface area contributed by atoms with Gasteiger partial charge in [0, 0.05) is 26.1 Å². The number of urea groups is 1. The second-order valence-corrected chi connectivity index (χ2v) is 8.30. The van der Waals surface area contributed by atoms with E-state index in [2.05, 4.69) is 25.6 Å². The summed E-state index contributed by atoms with van der Waals surface area (Å²) >= 11 is 0. The number of aromatic nitrogens is 5. The molecule has 0 bridgehead atoms. The zero-order valence-corrected chi connectivity index (χ0v) is 18.9. The van der Waals surface area contributed by atoms with Gasteiger partial charge in [-0.2, -0.15) is 28.5 Å². The molecule has 1 saturated heterocycles. The smallest absolute Gasteiger partial charge is 0.417 e. The number of piperidine rings is 1. The molecule has 2 aromatic heterocycles. The van der Waals surface area contributed by atoms with Crippen LogP contribution < -0.4 is 5.32 Å². The third-order valence-corrected chi connectivity index (χ3v) is 5.71. The Morgan fingerprint density at radius 3 is 2.66 bits per heavy atom. The number of halogens is 4. The minimum absolute atomic E-state index is 0.222. The number of amides is 2. The summed E-state index contributed by atoms with van der Waals surface area (Å²) < 4.78 is 62.2. The third kappa shape index (κ3) is 4.79. The van der Waals surface area contributed by atoms with Crippen molar-refractivity contribution in [1.82, 2.24) is 29.9 Å². The average Bonchev–Trinajstić information content (AvgIpc) is 3.39. The zero-order valence-electron chi connectivity index (χ0n) is 18.9. The topological polar surface area (TPSA) is 126 Å². The van der Waals surface area contributed by atoms with Gasteiger partial charge in [0.1, 0.15) is 17.9 Å². The second kappa shape index (κ2) is 8.97. The number of rotatable bonds is 3. The molecule has 1 aliphatic rings. The lowest BCUT2D eigenvalue weighted by Crippen LogP contribution is -2.43. The van der Waals surface area contributed by atoms with Gasteiger partial charge in [0.15, 0.2) is 5.82 Å². The number of carbonyl (C=O) groups is 1. The van der Waals surface area contributed by atoms with E-state index in [4.69, 9.17) is 9.68 Å². The maximum absolute atomic E-state index is 14.8. The quantitative estimate of drug-likeness (QED) is 0.543. The van der Waals surface area contributed by atoms with Crippen LogP contribution in [0.2, 0.25) is 0 Å². The fraction of sp³-hybridized carbons (Fsp3) is 0.429.